The van der Waals surface area contributed by atoms with Crippen LogP contribution < -0.4 is 0 Å². The molecule has 6 aromatic rings. The van der Waals surface area contributed by atoms with Gasteiger partial charge in [0.1, 0.15) is 10.5 Å². The first kappa shape index (κ1) is 28.0. The van der Waals surface area contributed by atoms with Gasteiger partial charge in [-0.25, -0.2) is 14.8 Å². The molecule has 0 saturated carbocycles. The van der Waals surface area contributed by atoms with Crippen molar-refractivity contribution < 1.29 is 14.6 Å². The van der Waals surface area contributed by atoms with Crippen molar-refractivity contribution in [3.63, 3.8) is 0 Å². The molecular formula is C32H28ClN5O3S. The van der Waals surface area contributed by atoms with Crippen molar-refractivity contribution in [2.24, 2.45) is 7.05 Å². The van der Waals surface area contributed by atoms with E-state index in [4.69, 9.17) is 26.3 Å². The summed E-state index contributed by atoms with van der Waals surface area (Å²) < 4.78 is 8.78. The predicted octanol–water partition coefficient (Wildman–Crippen LogP) is 7.88. The van der Waals surface area contributed by atoms with Crippen LogP contribution in [0.5, 0.6) is 0 Å². The minimum atomic E-state index is -1.17. The topological polar surface area (TPSA) is 103 Å². The Balaban J connectivity index is 1.53. The summed E-state index contributed by atoms with van der Waals surface area (Å²) in [6, 6.07) is 17.2. The van der Waals surface area contributed by atoms with Crippen molar-refractivity contribution in [3.05, 3.63) is 83.1 Å². The number of halogens is 1. The Morgan fingerprint density at radius 2 is 1.76 bits per heavy atom. The Labute approximate surface area is 251 Å². The highest BCUT2D eigenvalue weighted by atomic mass is 35.5. The largest absolute Gasteiger partial charge is 0.479 e. The Kier molecular flexibility index (Phi) is 7.04. The number of fused-ring (bicyclic) bond motifs is 2. The van der Waals surface area contributed by atoms with Gasteiger partial charge in [-0.1, -0.05) is 23.7 Å². The molecule has 212 valence electrons. The van der Waals surface area contributed by atoms with Crippen molar-refractivity contribution in [2.45, 2.75) is 39.4 Å². The fraction of sp³-hybridized carbons (Fsp3) is 0.219. The van der Waals surface area contributed by atoms with E-state index in [1.807, 2.05) is 77.2 Å². The molecule has 10 heteroatoms. The van der Waals surface area contributed by atoms with E-state index in [9.17, 15) is 9.90 Å². The molecule has 0 spiro atoms. The molecule has 0 aliphatic carbocycles. The number of benzene rings is 2. The van der Waals surface area contributed by atoms with Gasteiger partial charge >= 0.3 is 5.97 Å². The second-order valence-electron chi connectivity index (χ2n) is 11.1. The van der Waals surface area contributed by atoms with Gasteiger partial charge in [-0.2, -0.15) is 5.10 Å². The molecule has 4 heterocycles. The zero-order valence-electron chi connectivity index (χ0n) is 23.7. The molecule has 6 rings (SSSR count). The Hall–Kier alpha value is -4.18. The van der Waals surface area contributed by atoms with Crippen LogP contribution in [0.1, 0.15) is 38.0 Å². The third-order valence-electron chi connectivity index (χ3n) is 6.89. The van der Waals surface area contributed by atoms with E-state index in [1.165, 1.54) is 11.3 Å². The number of rotatable bonds is 6. The van der Waals surface area contributed by atoms with Crippen LogP contribution in [-0.4, -0.2) is 41.4 Å². The van der Waals surface area contributed by atoms with Crippen LogP contribution in [-0.2, 0) is 16.6 Å². The van der Waals surface area contributed by atoms with Crippen molar-refractivity contribution in [1.29, 1.82) is 0 Å². The van der Waals surface area contributed by atoms with E-state index in [0.29, 0.717) is 10.6 Å². The fourth-order valence-corrected chi connectivity index (χ4v) is 6.30. The van der Waals surface area contributed by atoms with Gasteiger partial charge in [-0.15, -0.1) is 11.3 Å². The molecule has 1 N–H and O–H groups in total. The lowest BCUT2D eigenvalue weighted by Crippen LogP contribution is -2.28. The highest BCUT2D eigenvalue weighted by molar-refractivity contribution is 7.22. The lowest BCUT2D eigenvalue weighted by atomic mass is 9.91. The average Bonchev–Trinajstić information content (AvgIpc) is 3.54. The molecule has 8 nitrogen and oxygen atoms in total. The van der Waals surface area contributed by atoms with E-state index in [1.54, 1.807) is 29.2 Å². The number of nitrogens with zero attached hydrogens (tertiary/aromatic N) is 5. The molecule has 0 aliphatic heterocycles. The molecule has 0 amide bonds. The number of carboxylic acid groups (broad SMARTS) is 1. The van der Waals surface area contributed by atoms with Gasteiger partial charge in [-0.05, 0) is 81.3 Å². The number of pyridine rings is 2. The zero-order chi connectivity index (χ0) is 29.8. The number of thiazole rings is 1. The lowest BCUT2D eigenvalue weighted by molar-refractivity contribution is -0.160. The number of ether oxygens (including phenoxy) is 1. The van der Waals surface area contributed by atoms with Crippen LogP contribution in [0.15, 0.2) is 67.0 Å². The quantitative estimate of drug-likeness (QED) is 0.208. The van der Waals surface area contributed by atoms with Gasteiger partial charge in [0.25, 0.3) is 0 Å². The molecule has 2 aromatic carbocycles. The first-order chi connectivity index (χ1) is 20.0. The van der Waals surface area contributed by atoms with Crippen LogP contribution in [0.4, 0.5) is 0 Å². The second kappa shape index (κ2) is 10.6. The van der Waals surface area contributed by atoms with E-state index >= 15 is 0 Å². The number of carboxylic acids is 1. The molecule has 0 saturated heterocycles. The van der Waals surface area contributed by atoms with E-state index in [0.717, 1.165) is 59.9 Å². The van der Waals surface area contributed by atoms with Crippen LogP contribution in [0.3, 0.4) is 0 Å². The zero-order valence-corrected chi connectivity index (χ0v) is 25.3. The van der Waals surface area contributed by atoms with Gasteiger partial charge in [0, 0.05) is 35.0 Å². The van der Waals surface area contributed by atoms with E-state index in [2.05, 4.69) is 10.1 Å². The number of aliphatic carboxylic acids is 1. The summed E-state index contributed by atoms with van der Waals surface area (Å²) in [5.41, 5.74) is 7.18. The van der Waals surface area contributed by atoms with E-state index in [-0.39, 0.29) is 0 Å². The van der Waals surface area contributed by atoms with E-state index < -0.39 is 17.7 Å². The molecule has 0 fully saturated rings. The standard InChI is InChI=1S/C32H28ClN5O3S/c1-17-14-23-29(27(18-6-8-20(33)9-7-18)26(17)28(31(39)40)41-32(2,3)4)42-30(37-23)19-12-13-34-22(15-19)21-10-11-25-24(36-21)16-35-38(25)5/h6-16,28H,1-5H3,(H,39,40)/t28-/m0/s1. The summed E-state index contributed by atoms with van der Waals surface area (Å²) >= 11 is 7.73. The predicted molar refractivity (Wildman–Crippen MR) is 167 cm³/mol. The van der Waals surface area contributed by atoms with Crippen molar-refractivity contribution in [1.82, 2.24) is 24.7 Å². The van der Waals surface area contributed by atoms with Gasteiger partial charge < -0.3 is 9.84 Å². The maximum Gasteiger partial charge on any atom is 0.337 e. The maximum absolute atomic E-state index is 12.6. The third-order valence-corrected chi connectivity index (χ3v) is 8.28. The number of hydrogen-bond donors (Lipinski definition) is 1. The Morgan fingerprint density at radius 3 is 2.48 bits per heavy atom. The summed E-state index contributed by atoms with van der Waals surface area (Å²) in [6.45, 7) is 7.46. The van der Waals surface area contributed by atoms with Gasteiger partial charge in [-0.3, -0.25) is 9.67 Å². The fourth-order valence-electron chi connectivity index (χ4n) is 5.05. The van der Waals surface area contributed by atoms with Crippen LogP contribution >= 0.6 is 22.9 Å². The van der Waals surface area contributed by atoms with Crippen LogP contribution in [0.2, 0.25) is 5.02 Å². The minimum Gasteiger partial charge on any atom is -0.479 e. The summed E-state index contributed by atoms with van der Waals surface area (Å²) in [4.78, 5) is 26.9. The number of aromatic nitrogens is 5. The van der Waals surface area contributed by atoms with Crippen LogP contribution in [0.25, 0.3) is 54.3 Å². The molecule has 0 unspecified atom stereocenters. The van der Waals surface area contributed by atoms with Crippen molar-refractivity contribution in [2.75, 3.05) is 0 Å². The van der Waals surface area contributed by atoms with Crippen molar-refractivity contribution in [3.8, 4) is 33.1 Å². The second-order valence-corrected chi connectivity index (χ2v) is 12.5. The van der Waals surface area contributed by atoms with Crippen molar-refractivity contribution >= 4 is 50.2 Å². The molecule has 0 bridgehead atoms. The molecule has 0 aliphatic rings. The Bertz CT molecular complexity index is 1980. The summed E-state index contributed by atoms with van der Waals surface area (Å²) in [5, 5.41) is 16.0. The SMILES string of the molecule is Cc1cc2nc(-c3ccnc(-c4ccc5c(cnn5C)n4)c3)sc2c(-c2ccc(Cl)cc2)c1[C@H](OC(C)(C)C)C(=O)O. The minimum absolute atomic E-state index is 0.595. The normalized spacial score (nSPS) is 12.7. The smallest absolute Gasteiger partial charge is 0.337 e. The summed E-state index contributed by atoms with van der Waals surface area (Å²) in [6.07, 6.45) is 2.31. The summed E-state index contributed by atoms with van der Waals surface area (Å²) in [7, 11) is 1.88. The van der Waals surface area contributed by atoms with Gasteiger partial charge in [0.15, 0.2) is 6.10 Å². The first-order valence-corrected chi connectivity index (χ1v) is 14.5. The average molecular weight is 598 g/mol. The molecule has 42 heavy (non-hydrogen) atoms. The molecule has 0 radical (unpaired) electrons. The number of aryl methyl sites for hydroxylation is 2. The summed E-state index contributed by atoms with van der Waals surface area (Å²) in [5.74, 6) is -1.05. The van der Waals surface area contributed by atoms with Gasteiger partial charge in [0.05, 0.1) is 38.9 Å². The molecular weight excluding hydrogens is 570 g/mol. The number of hydrogen-bond acceptors (Lipinski definition) is 7. The van der Waals surface area contributed by atoms with Gasteiger partial charge in [0.2, 0.25) is 0 Å². The highest BCUT2D eigenvalue weighted by Crippen LogP contribution is 2.44. The first-order valence-electron chi connectivity index (χ1n) is 13.3. The monoisotopic (exact) mass is 597 g/mol. The third kappa shape index (κ3) is 5.27. The maximum atomic E-state index is 12.6. The molecule has 1 atom stereocenters. The number of carbonyl (C=O) groups is 1. The Morgan fingerprint density at radius 1 is 1.00 bits per heavy atom. The molecule has 4 aromatic heterocycles. The highest BCUT2D eigenvalue weighted by Gasteiger charge is 2.32. The lowest BCUT2D eigenvalue weighted by Gasteiger charge is -2.28. The van der Waals surface area contributed by atoms with Crippen LogP contribution in [0, 0.1) is 6.92 Å².